The van der Waals surface area contributed by atoms with Crippen molar-refractivity contribution in [2.45, 2.75) is 31.7 Å². The van der Waals surface area contributed by atoms with Crippen molar-refractivity contribution in [3.05, 3.63) is 28.8 Å². The number of nitrogens with zero attached hydrogens (tertiary/aromatic N) is 2. The fourth-order valence-corrected chi connectivity index (χ4v) is 4.39. The lowest BCUT2D eigenvalue weighted by atomic mass is 10.1. The average molecular weight is 433 g/mol. The van der Waals surface area contributed by atoms with Crippen LogP contribution in [0.3, 0.4) is 0 Å². The maximum atomic E-state index is 13.0. The van der Waals surface area contributed by atoms with Crippen LogP contribution in [0.1, 0.15) is 31.1 Å². The zero-order valence-corrected chi connectivity index (χ0v) is 17.8. The van der Waals surface area contributed by atoms with E-state index in [4.69, 9.17) is 21.1 Å². The molecular formula is C18H25ClN2O6S. The van der Waals surface area contributed by atoms with Gasteiger partial charge in [-0.05, 0) is 39.0 Å². The highest BCUT2D eigenvalue weighted by Crippen LogP contribution is 2.25. The molecule has 1 aliphatic rings. The Balaban J connectivity index is 2.35. The van der Waals surface area contributed by atoms with E-state index in [1.165, 1.54) is 27.4 Å². The highest BCUT2D eigenvalue weighted by atomic mass is 35.5. The number of morpholine rings is 1. The Bertz CT molecular complexity index is 821. The molecule has 0 atom stereocenters. The number of hydrogen-bond acceptors (Lipinski definition) is 6. The molecular weight excluding hydrogens is 408 g/mol. The highest BCUT2D eigenvalue weighted by molar-refractivity contribution is 7.89. The number of benzene rings is 1. The first-order valence-electron chi connectivity index (χ1n) is 9.02. The van der Waals surface area contributed by atoms with Gasteiger partial charge in [-0.2, -0.15) is 4.31 Å². The van der Waals surface area contributed by atoms with Crippen LogP contribution in [-0.4, -0.2) is 75.0 Å². The van der Waals surface area contributed by atoms with Gasteiger partial charge in [-0.3, -0.25) is 9.59 Å². The van der Waals surface area contributed by atoms with E-state index >= 15 is 0 Å². The smallest absolute Gasteiger partial charge is 0.325 e. The quantitative estimate of drug-likeness (QED) is 0.609. The van der Waals surface area contributed by atoms with Gasteiger partial charge in [0.05, 0.1) is 35.3 Å². The predicted octanol–water partition coefficient (Wildman–Crippen LogP) is 1.77. The number of halogens is 1. The van der Waals surface area contributed by atoms with Crippen molar-refractivity contribution in [3.8, 4) is 0 Å². The summed E-state index contributed by atoms with van der Waals surface area (Å²) in [7, 11) is -3.78. The second kappa shape index (κ2) is 9.69. The van der Waals surface area contributed by atoms with Crippen LogP contribution in [0, 0.1) is 0 Å². The molecule has 1 heterocycles. The Hall–Kier alpha value is -1.68. The lowest BCUT2D eigenvalue weighted by Crippen LogP contribution is -2.42. The van der Waals surface area contributed by atoms with E-state index < -0.39 is 21.9 Å². The van der Waals surface area contributed by atoms with Crippen molar-refractivity contribution >= 4 is 33.5 Å². The molecule has 1 aromatic carbocycles. The molecule has 1 aliphatic heterocycles. The summed E-state index contributed by atoms with van der Waals surface area (Å²) in [6, 6.07) is 3.70. The van der Waals surface area contributed by atoms with Crippen LogP contribution < -0.4 is 0 Å². The third-order valence-corrected chi connectivity index (χ3v) is 6.49. The Labute approximate surface area is 170 Å². The van der Waals surface area contributed by atoms with Crippen LogP contribution >= 0.6 is 11.6 Å². The van der Waals surface area contributed by atoms with Gasteiger partial charge in [0, 0.05) is 19.1 Å². The molecule has 0 aliphatic carbocycles. The van der Waals surface area contributed by atoms with Crippen molar-refractivity contribution in [2.75, 3.05) is 39.5 Å². The maximum absolute atomic E-state index is 13.0. The van der Waals surface area contributed by atoms with Gasteiger partial charge in [0.1, 0.15) is 6.54 Å². The molecule has 28 heavy (non-hydrogen) atoms. The van der Waals surface area contributed by atoms with Crippen LogP contribution in [0.4, 0.5) is 0 Å². The molecule has 0 radical (unpaired) electrons. The summed E-state index contributed by atoms with van der Waals surface area (Å²) in [4.78, 5) is 26.1. The second-order valence-corrected chi connectivity index (χ2v) is 8.84. The number of sulfonamides is 1. The van der Waals surface area contributed by atoms with E-state index in [-0.39, 0.29) is 47.8 Å². The molecule has 1 saturated heterocycles. The molecule has 1 amide bonds. The van der Waals surface area contributed by atoms with Gasteiger partial charge in [0.15, 0.2) is 0 Å². The van der Waals surface area contributed by atoms with Gasteiger partial charge < -0.3 is 14.4 Å². The topological polar surface area (TPSA) is 93.2 Å². The van der Waals surface area contributed by atoms with Crippen molar-refractivity contribution in [3.63, 3.8) is 0 Å². The normalized spacial score (nSPS) is 15.5. The van der Waals surface area contributed by atoms with Gasteiger partial charge in [0.2, 0.25) is 10.0 Å². The van der Waals surface area contributed by atoms with Crippen LogP contribution in [0.25, 0.3) is 0 Å². The van der Waals surface area contributed by atoms with E-state index in [2.05, 4.69) is 0 Å². The summed E-state index contributed by atoms with van der Waals surface area (Å²) in [5.74, 6) is -1.08. The highest BCUT2D eigenvalue weighted by Gasteiger charge is 2.29. The van der Waals surface area contributed by atoms with Crippen molar-refractivity contribution < 1.29 is 27.5 Å². The van der Waals surface area contributed by atoms with Crippen molar-refractivity contribution in [1.82, 2.24) is 9.21 Å². The maximum Gasteiger partial charge on any atom is 0.325 e. The molecule has 2 rings (SSSR count). The number of rotatable bonds is 7. The van der Waals surface area contributed by atoms with Crippen molar-refractivity contribution in [1.29, 1.82) is 0 Å². The summed E-state index contributed by atoms with van der Waals surface area (Å²) >= 11 is 6.18. The Morgan fingerprint density at radius 2 is 1.93 bits per heavy atom. The lowest BCUT2D eigenvalue weighted by molar-refractivity contribution is -0.144. The van der Waals surface area contributed by atoms with Crippen molar-refractivity contribution in [2.24, 2.45) is 0 Å². The molecule has 0 saturated carbocycles. The lowest BCUT2D eigenvalue weighted by Gasteiger charge is -2.27. The van der Waals surface area contributed by atoms with E-state index in [1.807, 2.05) is 0 Å². The van der Waals surface area contributed by atoms with Crippen LogP contribution in [0.2, 0.25) is 5.02 Å². The molecule has 0 aromatic heterocycles. The second-order valence-electron chi connectivity index (χ2n) is 6.49. The zero-order chi connectivity index (χ0) is 20.9. The van der Waals surface area contributed by atoms with Gasteiger partial charge in [-0.1, -0.05) is 11.6 Å². The van der Waals surface area contributed by atoms with Crippen LogP contribution in [-0.2, 0) is 24.3 Å². The number of hydrogen-bond donors (Lipinski definition) is 0. The fourth-order valence-electron chi connectivity index (χ4n) is 2.75. The minimum Gasteiger partial charge on any atom is -0.465 e. The number of carbonyl (C=O) groups is 2. The zero-order valence-electron chi connectivity index (χ0n) is 16.2. The molecule has 1 fully saturated rings. The molecule has 10 heteroatoms. The summed E-state index contributed by atoms with van der Waals surface area (Å²) in [5.41, 5.74) is 0.0222. The van der Waals surface area contributed by atoms with Gasteiger partial charge in [-0.15, -0.1) is 0 Å². The van der Waals surface area contributed by atoms with E-state index in [0.29, 0.717) is 13.2 Å². The Morgan fingerprint density at radius 1 is 1.29 bits per heavy atom. The Morgan fingerprint density at radius 3 is 2.50 bits per heavy atom. The predicted molar refractivity (Wildman–Crippen MR) is 104 cm³/mol. The van der Waals surface area contributed by atoms with Crippen LogP contribution in [0.5, 0.6) is 0 Å². The number of ether oxygens (including phenoxy) is 2. The average Bonchev–Trinajstić information content (AvgIpc) is 2.66. The Kier molecular flexibility index (Phi) is 7.82. The van der Waals surface area contributed by atoms with E-state index in [9.17, 15) is 18.0 Å². The molecule has 8 nitrogen and oxygen atoms in total. The van der Waals surface area contributed by atoms with Gasteiger partial charge >= 0.3 is 5.97 Å². The summed E-state index contributed by atoms with van der Waals surface area (Å²) in [5, 5.41) is 0.112. The minimum absolute atomic E-state index is 0.0222. The monoisotopic (exact) mass is 432 g/mol. The number of esters is 1. The molecule has 156 valence electrons. The molecule has 0 spiro atoms. The first-order chi connectivity index (χ1) is 13.2. The van der Waals surface area contributed by atoms with E-state index in [0.717, 1.165) is 0 Å². The summed E-state index contributed by atoms with van der Waals surface area (Å²) in [6.07, 6.45) is 0. The first kappa shape index (κ1) is 22.6. The third kappa shape index (κ3) is 5.22. The molecule has 0 bridgehead atoms. The summed E-state index contributed by atoms with van der Waals surface area (Å²) in [6.45, 7) is 6.26. The standard InChI is InChI=1S/C18H25ClN2O6S/c1-4-27-17(22)12-21(13(2)3)18(23)15-11-14(5-6-16(15)19)28(24,25)20-7-9-26-10-8-20/h5-6,11,13H,4,7-10,12H2,1-3H3. The third-order valence-electron chi connectivity index (χ3n) is 4.27. The van der Waals surface area contributed by atoms with E-state index in [1.54, 1.807) is 20.8 Å². The summed E-state index contributed by atoms with van der Waals surface area (Å²) < 4.78 is 37.2. The SMILES string of the molecule is CCOC(=O)CN(C(=O)c1cc(S(=O)(=O)N2CCOCC2)ccc1Cl)C(C)C. The van der Waals surface area contributed by atoms with Crippen LogP contribution in [0.15, 0.2) is 23.1 Å². The largest absolute Gasteiger partial charge is 0.465 e. The molecule has 1 aromatic rings. The number of amides is 1. The fraction of sp³-hybridized carbons (Fsp3) is 0.556. The van der Waals surface area contributed by atoms with Gasteiger partial charge in [0.25, 0.3) is 5.91 Å². The first-order valence-corrected chi connectivity index (χ1v) is 10.8. The molecule has 0 N–H and O–H groups in total. The molecule has 0 unspecified atom stereocenters. The van der Waals surface area contributed by atoms with Gasteiger partial charge in [-0.25, -0.2) is 8.42 Å². The minimum atomic E-state index is -3.78. The number of carbonyl (C=O) groups excluding carboxylic acids is 2.